The highest BCUT2D eigenvalue weighted by Gasteiger charge is 2.41. The summed E-state index contributed by atoms with van der Waals surface area (Å²) in [5.74, 6) is 0.598. The first-order chi connectivity index (χ1) is 13.2. The summed E-state index contributed by atoms with van der Waals surface area (Å²) in [5.41, 5.74) is 2.91. The van der Waals surface area contributed by atoms with Crippen molar-refractivity contribution in [3.8, 4) is 11.5 Å². The number of hydrogen-bond donors (Lipinski definition) is 1. The van der Waals surface area contributed by atoms with Gasteiger partial charge in [-0.25, -0.2) is 9.40 Å². The minimum atomic E-state index is -0.658. The summed E-state index contributed by atoms with van der Waals surface area (Å²) in [4.78, 5) is 0. The summed E-state index contributed by atoms with van der Waals surface area (Å²) < 4.78 is 20.6. The van der Waals surface area contributed by atoms with Crippen LogP contribution in [0.4, 0.5) is 4.39 Å². The van der Waals surface area contributed by atoms with Gasteiger partial charge < -0.3 is 9.84 Å². The van der Waals surface area contributed by atoms with Gasteiger partial charge in [-0.15, -0.1) is 0 Å². The van der Waals surface area contributed by atoms with Gasteiger partial charge in [0.15, 0.2) is 0 Å². The maximum Gasteiger partial charge on any atom is 0.216 e. The largest absolute Gasteiger partial charge is 0.507 e. The summed E-state index contributed by atoms with van der Waals surface area (Å²) in [6.07, 6.45) is -0.0439. The van der Waals surface area contributed by atoms with E-state index in [1.165, 1.54) is 6.07 Å². The van der Waals surface area contributed by atoms with Crippen LogP contribution in [0.15, 0.2) is 77.9 Å². The van der Waals surface area contributed by atoms with Gasteiger partial charge >= 0.3 is 0 Å². The molecule has 3 aromatic rings. The van der Waals surface area contributed by atoms with Crippen molar-refractivity contribution < 1.29 is 14.2 Å². The van der Waals surface area contributed by atoms with Crippen molar-refractivity contribution in [3.63, 3.8) is 0 Å². The molecular formula is C22H17FN2O2. The lowest BCUT2D eigenvalue weighted by atomic mass is 9.95. The first kappa shape index (κ1) is 15.9. The summed E-state index contributed by atoms with van der Waals surface area (Å²) in [6, 6.07) is 21.4. The maximum absolute atomic E-state index is 14.5. The predicted molar refractivity (Wildman–Crippen MR) is 100 cm³/mol. The highest BCUT2D eigenvalue weighted by molar-refractivity contribution is 6.04. The Morgan fingerprint density at radius 1 is 0.926 bits per heavy atom. The smallest absolute Gasteiger partial charge is 0.216 e. The summed E-state index contributed by atoms with van der Waals surface area (Å²) in [6.45, 7) is 0. The lowest BCUT2D eigenvalue weighted by Gasteiger charge is -2.38. The highest BCUT2D eigenvalue weighted by atomic mass is 19.1. The SMILES string of the molecule is Oc1ccccc1C1=NN2[C@@H](c3ccccc3F)Oc3ccccc3[C@@H]2C1. The molecule has 3 aromatic carbocycles. The zero-order valence-electron chi connectivity index (χ0n) is 14.4. The Labute approximate surface area is 156 Å². The summed E-state index contributed by atoms with van der Waals surface area (Å²) in [5, 5.41) is 16.8. The molecule has 2 atom stereocenters. The van der Waals surface area contributed by atoms with Crippen LogP contribution in [0.25, 0.3) is 0 Å². The molecule has 2 aliphatic rings. The Hall–Kier alpha value is -3.34. The Kier molecular flexibility index (Phi) is 3.60. The van der Waals surface area contributed by atoms with Crippen molar-refractivity contribution in [2.45, 2.75) is 18.7 Å². The van der Waals surface area contributed by atoms with Crippen LogP contribution in [-0.4, -0.2) is 15.8 Å². The van der Waals surface area contributed by atoms with E-state index in [2.05, 4.69) is 0 Å². The van der Waals surface area contributed by atoms with E-state index in [0.29, 0.717) is 17.5 Å². The summed E-state index contributed by atoms with van der Waals surface area (Å²) in [7, 11) is 0. The molecule has 0 aromatic heterocycles. The Bertz CT molecular complexity index is 1050. The lowest BCUT2D eigenvalue weighted by molar-refractivity contribution is -0.0212. The zero-order chi connectivity index (χ0) is 18.4. The molecule has 0 radical (unpaired) electrons. The van der Waals surface area contributed by atoms with Crippen LogP contribution in [0, 0.1) is 5.82 Å². The van der Waals surface area contributed by atoms with Crippen LogP contribution in [0.1, 0.15) is 35.4 Å². The third-order valence-electron chi connectivity index (χ3n) is 5.09. The van der Waals surface area contributed by atoms with Gasteiger partial charge in [0.2, 0.25) is 6.23 Å². The number of para-hydroxylation sites is 2. The first-order valence-electron chi connectivity index (χ1n) is 8.86. The number of benzene rings is 3. The fraction of sp³-hybridized carbons (Fsp3) is 0.136. The third kappa shape index (κ3) is 2.54. The fourth-order valence-electron chi connectivity index (χ4n) is 3.80. The van der Waals surface area contributed by atoms with Crippen molar-refractivity contribution in [3.05, 3.63) is 95.3 Å². The predicted octanol–water partition coefficient (Wildman–Crippen LogP) is 4.77. The molecule has 27 heavy (non-hydrogen) atoms. The molecule has 4 nitrogen and oxygen atoms in total. The Balaban J connectivity index is 1.64. The van der Waals surface area contributed by atoms with Gasteiger partial charge in [0, 0.05) is 17.5 Å². The van der Waals surface area contributed by atoms with Gasteiger partial charge in [0.25, 0.3) is 0 Å². The normalized spacial score (nSPS) is 20.5. The van der Waals surface area contributed by atoms with Gasteiger partial charge in [-0.2, -0.15) is 5.10 Å². The second-order valence-corrected chi connectivity index (χ2v) is 6.69. The number of ether oxygens (including phenoxy) is 1. The molecule has 0 bridgehead atoms. The second kappa shape index (κ2) is 6.13. The molecule has 5 heteroatoms. The fourth-order valence-corrected chi connectivity index (χ4v) is 3.80. The van der Waals surface area contributed by atoms with E-state index in [-0.39, 0.29) is 17.6 Å². The molecule has 0 amide bonds. The summed E-state index contributed by atoms with van der Waals surface area (Å²) >= 11 is 0. The number of nitrogens with zero attached hydrogens (tertiary/aromatic N) is 2. The molecule has 1 N–H and O–H groups in total. The number of phenols is 1. The van der Waals surface area contributed by atoms with Crippen molar-refractivity contribution in [1.29, 1.82) is 0 Å². The van der Waals surface area contributed by atoms with E-state index in [1.54, 1.807) is 30.3 Å². The van der Waals surface area contributed by atoms with E-state index >= 15 is 0 Å². The first-order valence-corrected chi connectivity index (χ1v) is 8.86. The molecule has 0 saturated heterocycles. The number of aromatic hydroxyl groups is 1. The number of fused-ring (bicyclic) bond motifs is 3. The Morgan fingerprint density at radius 3 is 2.44 bits per heavy atom. The average Bonchev–Trinajstić information content (AvgIpc) is 3.14. The van der Waals surface area contributed by atoms with E-state index in [4.69, 9.17) is 9.84 Å². The van der Waals surface area contributed by atoms with Gasteiger partial charge in [0.05, 0.1) is 17.3 Å². The number of hydrazone groups is 1. The average molecular weight is 360 g/mol. The van der Waals surface area contributed by atoms with Crippen LogP contribution < -0.4 is 4.74 Å². The van der Waals surface area contributed by atoms with Crippen LogP contribution >= 0.6 is 0 Å². The molecule has 0 saturated carbocycles. The maximum atomic E-state index is 14.5. The van der Waals surface area contributed by atoms with Crippen LogP contribution in [0.5, 0.6) is 11.5 Å². The number of halogens is 1. The molecule has 2 heterocycles. The van der Waals surface area contributed by atoms with Gasteiger partial charge in [-0.05, 0) is 24.3 Å². The minimum Gasteiger partial charge on any atom is -0.507 e. The molecule has 0 aliphatic carbocycles. The van der Waals surface area contributed by atoms with Gasteiger partial charge in [0.1, 0.15) is 17.3 Å². The van der Waals surface area contributed by atoms with E-state index in [1.807, 2.05) is 41.4 Å². The van der Waals surface area contributed by atoms with E-state index < -0.39 is 6.23 Å². The monoisotopic (exact) mass is 360 g/mol. The third-order valence-corrected chi connectivity index (χ3v) is 5.09. The van der Waals surface area contributed by atoms with Crippen LogP contribution in [-0.2, 0) is 0 Å². The topological polar surface area (TPSA) is 45.1 Å². The Morgan fingerprint density at radius 2 is 1.63 bits per heavy atom. The molecule has 2 aliphatic heterocycles. The molecular weight excluding hydrogens is 343 g/mol. The molecule has 0 fully saturated rings. The van der Waals surface area contributed by atoms with Crippen molar-refractivity contribution in [2.75, 3.05) is 0 Å². The van der Waals surface area contributed by atoms with Crippen molar-refractivity contribution in [2.24, 2.45) is 5.10 Å². The van der Waals surface area contributed by atoms with E-state index in [0.717, 1.165) is 17.0 Å². The zero-order valence-corrected chi connectivity index (χ0v) is 14.4. The minimum absolute atomic E-state index is 0.0748. The molecule has 0 unspecified atom stereocenters. The van der Waals surface area contributed by atoms with Crippen molar-refractivity contribution >= 4 is 5.71 Å². The van der Waals surface area contributed by atoms with E-state index in [9.17, 15) is 9.50 Å². The van der Waals surface area contributed by atoms with Gasteiger partial charge in [-0.3, -0.25) is 0 Å². The standard InChI is InChI=1S/C22H17FN2O2/c23-17-10-4-1-7-14(17)22-25-19(16-9-3-6-12-21(16)27-22)13-18(24-25)15-8-2-5-11-20(15)26/h1-12,19,22,26H,13H2/t19-,22+/m0/s1. The lowest BCUT2D eigenvalue weighted by Crippen LogP contribution is -2.34. The number of phenolic OH excluding ortho intramolecular Hbond substituents is 1. The molecule has 0 spiro atoms. The van der Waals surface area contributed by atoms with Crippen molar-refractivity contribution in [1.82, 2.24) is 5.01 Å². The number of rotatable bonds is 2. The quantitative estimate of drug-likeness (QED) is 0.716. The van der Waals surface area contributed by atoms with Crippen LogP contribution in [0.3, 0.4) is 0 Å². The van der Waals surface area contributed by atoms with Gasteiger partial charge in [-0.1, -0.05) is 48.5 Å². The number of hydrogen-bond acceptors (Lipinski definition) is 4. The molecule has 134 valence electrons. The molecule has 5 rings (SSSR count). The van der Waals surface area contributed by atoms with Crippen LogP contribution in [0.2, 0.25) is 0 Å². The highest BCUT2D eigenvalue weighted by Crippen LogP contribution is 2.48. The second-order valence-electron chi connectivity index (χ2n) is 6.69.